The van der Waals surface area contributed by atoms with Crippen molar-refractivity contribution in [1.82, 2.24) is 15.0 Å². The number of hydrogen-bond acceptors (Lipinski definition) is 7. The van der Waals surface area contributed by atoms with Crippen molar-refractivity contribution in [2.75, 3.05) is 19.7 Å². The third kappa shape index (κ3) is 3.88. The van der Waals surface area contributed by atoms with E-state index in [1.807, 2.05) is 28.7 Å². The molecule has 0 saturated carbocycles. The molecule has 0 aliphatic rings. The first-order valence-electron chi connectivity index (χ1n) is 6.46. The van der Waals surface area contributed by atoms with E-state index in [9.17, 15) is 4.79 Å². The Bertz CT molecular complexity index is 539. The zero-order valence-corrected chi connectivity index (χ0v) is 12.4. The number of ether oxygens (including phenoxy) is 1. The van der Waals surface area contributed by atoms with Gasteiger partial charge in [0, 0.05) is 10.9 Å². The zero-order valence-electron chi connectivity index (χ0n) is 11.5. The molecule has 2 rings (SSSR count). The lowest BCUT2D eigenvalue weighted by Crippen LogP contribution is -2.30. The number of nitrogens with zero attached hydrogens (tertiary/aromatic N) is 3. The van der Waals surface area contributed by atoms with E-state index in [1.165, 1.54) is 0 Å². The molecule has 0 radical (unpaired) electrons. The van der Waals surface area contributed by atoms with Crippen LogP contribution in [0.25, 0.3) is 11.4 Å². The number of esters is 1. The van der Waals surface area contributed by atoms with E-state index in [0.717, 1.165) is 5.56 Å². The van der Waals surface area contributed by atoms with Crippen LogP contribution in [-0.4, -0.2) is 40.7 Å². The summed E-state index contributed by atoms with van der Waals surface area (Å²) in [6.45, 7) is 5.51. The molecular weight excluding hydrogens is 278 g/mol. The van der Waals surface area contributed by atoms with Gasteiger partial charge in [-0.25, -0.2) is 0 Å². The lowest BCUT2D eigenvalue weighted by molar-refractivity contribution is -0.144. The summed E-state index contributed by atoms with van der Waals surface area (Å²) in [6.07, 6.45) is 0. The first-order valence-corrected chi connectivity index (χ1v) is 7.40. The van der Waals surface area contributed by atoms with Crippen molar-refractivity contribution in [3.8, 4) is 11.4 Å². The lowest BCUT2D eigenvalue weighted by Gasteiger charge is -2.16. The second-order valence-electron chi connectivity index (χ2n) is 4.13. The second kappa shape index (κ2) is 7.16. The van der Waals surface area contributed by atoms with Crippen LogP contribution in [0.15, 0.2) is 21.3 Å². The molecule has 0 N–H and O–H groups in total. The maximum absolute atomic E-state index is 11.5. The minimum atomic E-state index is -0.244. The van der Waals surface area contributed by atoms with E-state index >= 15 is 0 Å². The topological polar surface area (TPSA) is 68.5 Å². The van der Waals surface area contributed by atoms with E-state index in [4.69, 9.17) is 9.26 Å². The van der Waals surface area contributed by atoms with Crippen LogP contribution in [0.2, 0.25) is 0 Å². The molecule has 0 aromatic carbocycles. The van der Waals surface area contributed by atoms with Crippen molar-refractivity contribution in [3.05, 3.63) is 22.7 Å². The van der Waals surface area contributed by atoms with Crippen LogP contribution in [0.4, 0.5) is 0 Å². The normalized spacial score (nSPS) is 10.9. The van der Waals surface area contributed by atoms with E-state index in [2.05, 4.69) is 10.1 Å². The molecule has 0 aliphatic carbocycles. The Labute approximate surface area is 121 Å². The quantitative estimate of drug-likeness (QED) is 0.729. The summed E-state index contributed by atoms with van der Waals surface area (Å²) in [4.78, 5) is 17.7. The fourth-order valence-electron chi connectivity index (χ4n) is 1.69. The molecule has 0 spiro atoms. The Balaban J connectivity index is 1.96. The fraction of sp³-hybridized carbons (Fsp3) is 0.462. The van der Waals surface area contributed by atoms with Crippen molar-refractivity contribution < 1.29 is 14.1 Å². The number of aromatic nitrogens is 2. The van der Waals surface area contributed by atoms with Gasteiger partial charge in [0.2, 0.25) is 11.7 Å². The van der Waals surface area contributed by atoms with Crippen LogP contribution >= 0.6 is 11.3 Å². The number of rotatable bonds is 7. The van der Waals surface area contributed by atoms with Crippen LogP contribution in [0.1, 0.15) is 19.7 Å². The average molecular weight is 295 g/mol. The van der Waals surface area contributed by atoms with Gasteiger partial charge in [0.1, 0.15) is 0 Å². The molecule has 0 aliphatic heterocycles. The number of carbonyl (C=O) groups is 1. The predicted molar refractivity (Wildman–Crippen MR) is 75.2 cm³/mol. The minimum Gasteiger partial charge on any atom is -0.465 e. The largest absolute Gasteiger partial charge is 0.465 e. The van der Waals surface area contributed by atoms with E-state index in [0.29, 0.717) is 31.4 Å². The number of thiophene rings is 1. The summed E-state index contributed by atoms with van der Waals surface area (Å²) in [5.41, 5.74) is 0.943. The molecule has 6 nitrogen and oxygen atoms in total. The highest BCUT2D eigenvalue weighted by molar-refractivity contribution is 7.08. The van der Waals surface area contributed by atoms with Gasteiger partial charge in [-0.3, -0.25) is 9.69 Å². The van der Waals surface area contributed by atoms with Gasteiger partial charge < -0.3 is 9.26 Å². The Morgan fingerprint density at radius 1 is 1.50 bits per heavy atom. The Hall–Kier alpha value is -1.73. The predicted octanol–water partition coefficient (Wildman–Crippen LogP) is 2.18. The van der Waals surface area contributed by atoms with Gasteiger partial charge in [0.25, 0.3) is 0 Å². The van der Waals surface area contributed by atoms with Gasteiger partial charge in [-0.2, -0.15) is 16.3 Å². The van der Waals surface area contributed by atoms with Crippen LogP contribution < -0.4 is 0 Å². The fourth-order valence-corrected chi connectivity index (χ4v) is 2.32. The molecule has 0 bridgehead atoms. The van der Waals surface area contributed by atoms with E-state index in [-0.39, 0.29) is 12.5 Å². The van der Waals surface area contributed by atoms with Crippen molar-refractivity contribution in [3.63, 3.8) is 0 Å². The molecule has 20 heavy (non-hydrogen) atoms. The molecule has 0 saturated heterocycles. The second-order valence-corrected chi connectivity index (χ2v) is 4.91. The standard InChI is InChI=1S/C13H17N3O3S/c1-3-16(8-12(17)18-4-2)7-11-14-13(15-19-11)10-5-6-20-9-10/h5-6,9H,3-4,7-8H2,1-2H3. The molecular formula is C13H17N3O3S. The summed E-state index contributed by atoms with van der Waals surface area (Å²) in [7, 11) is 0. The van der Waals surface area contributed by atoms with Crippen LogP contribution in [0.5, 0.6) is 0 Å². The van der Waals surface area contributed by atoms with Gasteiger partial charge in [-0.05, 0) is 24.9 Å². The van der Waals surface area contributed by atoms with Crippen molar-refractivity contribution in [2.24, 2.45) is 0 Å². The molecule has 108 valence electrons. The number of hydrogen-bond donors (Lipinski definition) is 0. The molecule has 2 heterocycles. The minimum absolute atomic E-state index is 0.223. The van der Waals surface area contributed by atoms with Gasteiger partial charge in [0.15, 0.2) is 0 Å². The van der Waals surface area contributed by atoms with Gasteiger partial charge >= 0.3 is 5.97 Å². The SMILES string of the molecule is CCOC(=O)CN(CC)Cc1nc(-c2ccsc2)no1. The van der Waals surface area contributed by atoms with Crippen molar-refractivity contribution in [1.29, 1.82) is 0 Å². The van der Waals surface area contributed by atoms with Crippen LogP contribution in [0, 0.1) is 0 Å². The Morgan fingerprint density at radius 3 is 3.00 bits per heavy atom. The summed E-state index contributed by atoms with van der Waals surface area (Å²) >= 11 is 1.58. The van der Waals surface area contributed by atoms with Gasteiger partial charge in [-0.15, -0.1) is 0 Å². The van der Waals surface area contributed by atoms with E-state index < -0.39 is 0 Å². The van der Waals surface area contributed by atoms with Gasteiger partial charge in [0.05, 0.1) is 19.7 Å². The Morgan fingerprint density at radius 2 is 2.35 bits per heavy atom. The zero-order chi connectivity index (χ0) is 14.4. The molecule has 2 aromatic rings. The van der Waals surface area contributed by atoms with Crippen molar-refractivity contribution in [2.45, 2.75) is 20.4 Å². The molecule has 0 atom stereocenters. The van der Waals surface area contributed by atoms with Crippen LogP contribution in [-0.2, 0) is 16.1 Å². The van der Waals surface area contributed by atoms with Crippen LogP contribution in [0.3, 0.4) is 0 Å². The summed E-state index contributed by atoms with van der Waals surface area (Å²) < 4.78 is 10.1. The van der Waals surface area contributed by atoms with E-state index in [1.54, 1.807) is 18.3 Å². The molecule has 7 heteroatoms. The summed E-state index contributed by atoms with van der Waals surface area (Å²) in [5.74, 6) is 0.831. The first-order chi connectivity index (χ1) is 9.72. The molecule has 0 unspecified atom stereocenters. The molecule has 0 fully saturated rings. The third-order valence-electron chi connectivity index (χ3n) is 2.71. The first kappa shape index (κ1) is 14.7. The lowest BCUT2D eigenvalue weighted by atomic mass is 10.3. The monoisotopic (exact) mass is 295 g/mol. The summed E-state index contributed by atoms with van der Waals surface area (Å²) in [6, 6.07) is 1.94. The highest BCUT2D eigenvalue weighted by Crippen LogP contribution is 2.19. The van der Waals surface area contributed by atoms with Crippen molar-refractivity contribution >= 4 is 17.3 Å². The third-order valence-corrected chi connectivity index (χ3v) is 3.39. The highest BCUT2D eigenvalue weighted by Gasteiger charge is 2.15. The maximum atomic E-state index is 11.5. The number of carbonyl (C=O) groups excluding carboxylic acids is 1. The average Bonchev–Trinajstić information content (AvgIpc) is 3.08. The molecule has 0 amide bonds. The molecule has 2 aromatic heterocycles. The van der Waals surface area contributed by atoms with Gasteiger partial charge in [-0.1, -0.05) is 12.1 Å². The highest BCUT2D eigenvalue weighted by atomic mass is 32.1. The smallest absolute Gasteiger partial charge is 0.320 e. The summed E-state index contributed by atoms with van der Waals surface area (Å²) in [5, 5.41) is 7.87. The Kier molecular flexibility index (Phi) is 5.25. The maximum Gasteiger partial charge on any atom is 0.320 e. The number of likely N-dealkylation sites (N-methyl/N-ethyl adjacent to an activating group) is 1.